The third kappa shape index (κ3) is 33.1. The van der Waals surface area contributed by atoms with E-state index in [9.17, 15) is 14.4 Å². The third-order valence-electron chi connectivity index (χ3n) is 15.8. The van der Waals surface area contributed by atoms with Gasteiger partial charge in [-0.3, -0.25) is 14.4 Å². The Morgan fingerprint density at radius 2 is 0.926 bits per heavy atom. The minimum Gasteiger partial charge on any atom is -0.465 e. The second-order valence-electron chi connectivity index (χ2n) is 22.3. The molecular weight excluding hydrogens is 843 g/mol. The summed E-state index contributed by atoms with van der Waals surface area (Å²) in [7, 11) is 0. The number of nitrogens with one attached hydrogen (secondary N) is 3. The van der Waals surface area contributed by atoms with Crippen molar-refractivity contribution < 1.29 is 23.9 Å². The molecule has 0 aromatic carbocycles. The summed E-state index contributed by atoms with van der Waals surface area (Å²) in [6, 6.07) is 0. The quantitative estimate of drug-likeness (QED) is 0.0412. The van der Waals surface area contributed by atoms with Crippen molar-refractivity contribution >= 4 is 17.8 Å². The van der Waals surface area contributed by atoms with Gasteiger partial charge in [-0.1, -0.05) is 214 Å². The van der Waals surface area contributed by atoms with Crippen molar-refractivity contribution in [3.05, 3.63) is 0 Å². The number of unbranched alkanes of at least 4 members (excludes halogenated alkanes) is 26. The molecule has 1 unspecified atom stereocenters. The van der Waals surface area contributed by atoms with E-state index >= 15 is 0 Å². The average Bonchev–Trinajstić information content (AvgIpc) is 3.61. The normalized spacial score (nSPS) is 18.4. The summed E-state index contributed by atoms with van der Waals surface area (Å²) in [5, 5.41) is 10.6. The molecule has 1 atom stereocenters. The zero-order chi connectivity index (χ0) is 49.0. The van der Waals surface area contributed by atoms with Crippen LogP contribution in [0, 0.1) is 23.7 Å². The van der Waals surface area contributed by atoms with E-state index in [0.717, 1.165) is 90.4 Å². The largest absolute Gasteiger partial charge is 0.465 e. The van der Waals surface area contributed by atoms with Crippen LogP contribution in [0.25, 0.3) is 0 Å². The Morgan fingerprint density at radius 3 is 1.41 bits per heavy atom. The highest BCUT2D eigenvalue weighted by Gasteiger charge is 2.50. The zero-order valence-electron chi connectivity index (χ0n) is 45.8. The molecule has 400 valence electrons. The first-order valence-corrected chi connectivity index (χ1v) is 30.4. The predicted molar refractivity (Wildman–Crippen MR) is 289 cm³/mol. The molecule has 2 aliphatic rings. The summed E-state index contributed by atoms with van der Waals surface area (Å²) in [5.41, 5.74) is -0.600. The molecule has 1 amide bonds. The van der Waals surface area contributed by atoms with Gasteiger partial charge in [0.2, 0.25) is 5.91 Å². The van der Waals surface area contributed by atoms with Gasteiger partial charge in [0.05, 0.1) is 18.8 Å². The Bertz CT molecular complexity index is 1130. The van der Waals surface area contributed by atoms with E-state index in [1.807, 2.05) is 0 Å². The van der Waals surface area contributed by atoms with Crippen LogP contribution in [0.4, 0.5) is 0 Å². The smallest absolute Gasteiger partial charge is 0.306 e. The van der Waals surface area contributed by atoms with E-state index in [0.29, 0.717) is 56.7 Å². The van der Waals surface area contributed by atoms with Gasteiger partial charge < -0.3 is 25.4 Å². The molecule has 0 spiro atoms. The summed E-state index contributed by atoms with van der Waals surface area (Å²) in [5.74, 6) is 1.67. The maximum Gasteiger partial charge on any atom is 0.306 e. The molecule has 1 aliphatic carbocycles. The fourth-order valence-electron chi connectivity index (χ4n) is 11.1. The number of amides is 1. The van der Waals surface area contributed by atoms with Crippen molar-refractivity contribution in [1.82, 2.24) is 16.0 Å². The molecule has 0 aromatic heterocycles. The second kappa shape index (κ2) is 44.1. The van der Waals surface area contributed by atoms with Gasteiger partial charge in [0.25, 0.3) is 0 Å². The number of hydrogen-bond acceptors (Lipinski definition) is 7. The van der Waals surface area contributed by atoms with Crippen molar-refractivity contribution in [3.63, 3.8) is 0 Å². The van der Waals surface area contributed by atoms with Gasteiger partial charge >= 0.3 is 11.9 Å². The average molecular weight is 959 g/mol. The van der Waals surface area contributed by atoms with E-state index in [1.54, 1.807) is 0 Å². The lowest BCUT2D eigenvalue weighted by Crippen LogP contribution is -2.65. The van der Waals surface area contributed by atoms with E-state index in [4.69, 9.17) is 9.47 Å². The highest BCUT2D eigenvalue weighted by atomic mass is 16.5. The maximum atomic E-state index is 13.9. The molecule has 0 radical (unpaired) electrons. The van der Waals surface area contributed by atoms with Crippen LogP contribution in [0.15, 0.2) is 0 Å². The molecule has 1 saturated heterocycles. The van der Waals surface area contributed by atoms with E-state index in [-0.39, 0.29) is 23.8 Å². The molecule has 0 aromatic rings. The van der Waals surface area contributed by atoms with E-state index in [1.165, 1.54) is 180 Å². The van der Waals surface area contributed by atoms with Crippen molar-refractivity contribution in [3.8, 4) is 0 Å². The van der Waals surface area contributed by atoms with Crippen LogP contribution in [-0.2, 0) is 23.9 Å². The van der Waals surface area contributed by atoms with Gasteiger partial charge in [0, 0.05) is 19.4 Å². The number of ether oxygens (including phenoxy) is 2. The topological polar surface area (TPSA) is 106 Å². The molecule has 2 rings (SSSR count). The zero-order valence-corrected chi connectivity index (χ0v) is 45.8. The Kier molecular flexibility index (Phi) is 40.5. The Hall–Kier alpha value is -1.67. The van der Waals surface area contributed by atoms with Gasteiger partial charge in [-0.25, -0.2) is 0 Å². The summed E-state index contributed by atoms with van der Waals surface area (Å²) < 4.78 is 11.9. The lowest BCUT2D eigenvalue weighted by Gasteiger charge is -2.47. The molecule has 2 fully saturated rings. The SMILES string of the molecule is CCCCCCCCCC(CCCCCCCCC)COC(=O)CCCCCCCNC1(C(=O)NCC2CCCNCC2)CC(CC(=O)OCC(CCCCCCCC)CCCCCCCC)C1. The Morgan fingerprint density at radius 1 is 0.500 bits per heavy atom. The first kappa shape index (κ1) is 62.4. The van der Waals surface area contributed by atoms with Crippen LogP contribution in [0.5, 0.6) is 0 Å². The molecule has 1 heterocycles. The highest BCUT2D eigenvalue weighted by molar-refractivity contribution is 5.88. The number of hydrogen-bond donors (Lipinski definition) is 3. The summed E-state index contributed by atoms with van der Waals surface area (Å²) >= 11 is 0. The minimum absolute atomic E-state index is 0.0200. The van der Waals surface area contributed by atoms with Crippen molar-refractivity contribution in [2.45, 2.75) is 303 Å². The molecule has 8 heteroatoms. The van der Waals surface area contributed by atoms with Crippen LogP contribution >= 0.6 is 0 Å². The monoisotopic (exact) mass is 958 g/mol. The molecular formula is C60H115N3O5. The van der Waals surface area contributed by atoms with Gasteiger partial charge in [-0.15, -0.1) is 0 Å². The molecule has 3 N–H and O–H groups in total. The molecule has 8 nitrogen and oxygen atoms in total. The number of carbonyl (C=O) groups is 3. The number of rotatable bonds is 48. The van der Waals surface area contributed by atoms with Crippen molar-refractivity contribution in [1.29, 1.82) is 0 Å². The molecule has 1 aliphatic heterocycles. The maximum absolute atomic E-state index is 13.9. The highest BCUT2D eigenvalue weighted by Crippen LogP contribution is 2.41. The van der Waals surface area contributed by atoms with Gasteiger partial charge in [0.15, 0.2) is 0 Å². The fourth-order valence-corrected chi connectivity index (χ4v) is 11.1. The van der Waals surface area contributed by atoms with E-state index in [2.05, 4.69) is 43.6 Å². The first-order chi connectivity index (χ1) is 33.4. The van der Waals surface area contributed by atoms with Crippen molar-refractivity contribution in [2.75, 3.05) is 39.4 Å². The first-order valence-electron chi connectivity index (χ1n) is 30.4. The lowest BCUT2D eigenvalue weighted by molar-refractivity contribution is -0.150. The van der Waals surface area contributed by atoms with Gasteiger partial charge in [-0.2, -0.15) is 0 Å². The number of carbonyl (C=O) groups excluding carboxylic acids is 3. The standard InChI is InChI=1S/C60H115N3O5/c1-5-9-13-17-21-26-32-37-54(38-33-27-22-18-14-10-6-2)51-67-57(64)42-34-28-23-29-35-45-63-60(59(66)62-50-53-41-36-44-61-46-43-53)48-56(49-60)47-58(65)68-52-55(39-30-24-19-15-11-7-3)40-31-25-20-16-12-8-4/h53-56,61,63H,5-52H2,1-4H3,(H,62,66). The molecule has 68 heavy (non-hydrogen) atoms. The summed E-state index contributed by atoms with van der Waals surface area (Å²) in [4.78, 5) is 40.0. The predicted octanol–water partition coefficient (Wildman–Crippen LogP) is 16.1. The van der Waals surface area contributed by atoms with Gasteiger partial charge in [-0.05, 0) is 114 Å². The fraction of sp³-hybridized carbons (Fsp3) is 0.950. The number of esters is 2. The van der Waals surface area contributed by atoms with Crippen molar-refractivity contribution in [2.24, 2.45) is 23.7 Å². The van der Waals surface area contributed by atoms with Crippen LogP contribution in [-0.4, -0.2) is 62.8 Å². The summed E-state index contributed by atoms with van der Waals surface area (Å²) in [6.45, 7) is 13.9. The van der Waals surface area contributed by atoms with Gasteiger partial charge in [0.1, 0.15) is 0 Å². The van der Waals surface area contributed by atoms with Crippen LogP contribution in [0.1, 0.15) is 297 Å². The molecule has 0 bridgehead atoms. The second-order valence-corrected chi connectivity index (χ2v) is 22.3. The third-order valence-corrected chi connectivity index (χ3v) is 15.8. The lowest BCUT2D eigenvalue weighted by atomic mass is 9.66. The van der Waals surface area contributed by atoms with E-state index < -0.39 is 5.54 Å². The Balaban J connectivity index is 1.77. The van der Waals surface area contributed by atoms with Crippen LogP contribution in [0.2, 0.25) is 0 Å². The molecule has 1 saturated carbocycles. The Labute approximate surface area is 422 Å². The summed E-state index contributed by atoms with van der Waals surface area (Å²) in [6.07, 6.45) is 49.6. The minimum atomic E-state index is -0.600. The van der Waals surface area contributed by atoms with Crippen LogP contribution < -0.4 is 16.0 Å². The van der Waals surface area contributed by atoms with Crippen LogP contribution in [0.3, 0.4) is 0 Å².